The van der Waals surface area contributed by atoms with Crippen LogP contribution in [0.4, 0.5) is 0 Å². The molecule has 6 heteroatoms. The molecule has 1 aromatic heterocycles. The lowest BCUT2D eigenvalue weighted by atomic mass is 9.94. The highest BCUT2D eigenvalue weighted by atomic mass is 32.2. The highest BCUT2D eigenvalue weighted by Gasteiger charge is 2.30. The zero-order chi connectivity index (χ0) is 14.8. The fourth-order valence-corrected chi connectivity index (χ4v) is 3.86. The van der Waals surface area contributed by atoms with Crippen molar-refractivity contribution in [1.29, 1.82) is 0 Å². The third-order valence-corrected chi connectivity index (χ3v) is 5.62. The summed E-state index contributed by atoms with van der Waals surface area (Å²) in [6.45, 7) is 3.20. The lowest BCUT2D eigenvalue weighted by Gasteiger charge is -2.33. The molecule has 0 aromatic carbocycles. The van der Waals surface area contributed by atoms with Crippen molar-refractivity contribution in [3.8, 4) is 0 Å². The highest BCUT2D eigenvalue weighted by molar-refractivity contribution is 7.86. The van der Waals surface area contributed by atoms with Crippen molar-refractivity contribution in [3.63, 3.8) is 0 Å². The Balaban J connectivity index is 2.04. The Morgan fingerprint density at radius 1 is 1.40 bits per heavy atom. The topological polar surface area (TPSA) is 53.5 Å². The van der Waals surface area contributed by atoms with Gasteiger partial charge in [-0.3, -0.25) is 4.98 Å². The summed E-state index contributed by atoms with van der Waals surface area (Å²) in [7, 11) is -0.118. The molecule has 1 unspecified atom stereocenters. The van der Waals surface area contributed by atoms with Crippen LogP contribution in [-0.2, 0) is 16.6 Å². The van der Waals surface area contributed by atoms with Gasteiger partial charge in [0.25, 0.3) is 10.2 Å². The largest absolute Gasteiger partial charge is 0.281 e. The Bertz CT molecular complexity index is 557. The van der Waals surface area contributed by atoms with Gasteiger partial charge in [0.2, 0.25) is 0 Å². The number of aromatic nitrogens is 1. The molecule has 1 aromatic rings. The van der Waals surface area contributed by atoms with Crippen molar-refractivity contribution in [2.75, 3.05) is 27.2 Å². The van der Waals surface area contributed by atoms with Crippen LogP contribution in [0, 0.1) is 12.8 Å². The van der Waals surface area contributed by atoms with Crippen LogP contribution in [0.5, 0.6) is 0 Å². The van der Waals surface area contributed by atoms with Gasteiger partial charge in [-0.25, -0.2) is 0 Å². The Kier molecular flexibility index (Phi) is 4.78. The molecule has 1 atom stereocenters. The third kappa shape index (κ3) is 3.56. The Morgan fingerprint density at radius 3 is 2.80 bits per heavy atom. The second-order valence-corrected chi connectivity index (χ2v) is 7.77. The SMILES string of the molecule is Cc1cccc(CC2CCCN(S(=O)(=O)N(C)C)C2)n1. The third-order valence-electron chi connectivity index (χ3n) is 3.71. The number of aryl methyl sites for hydroxylation is 1. The number of rotatable bonds is 4. The van der Waals surface area contributed by atoms with Crippen LogP contribution >= 0.6 is 0 Å². The lowest BCUT2D eigenvalue weighted by Crippen LogP contribution is -2.45. The highest BCUT2D eigenvalue weighted by Crippen LogP contribution is 2.23. The Morgan fingerprint density at radius 2 is 2.15 bits per heavy atom. The van der Waals surface area contributed by atoms with Crippen molar-refractivity contribution in [1.82, 2.24) is 13.6 Å². The predicted molar refractivity (Wildman–Crippen MR) is 79.6 cm³/mol. The number of pyridine rings is 1. The smallest absolute Gasteiger partial charge is 0.258 e. The molecule has 2 heterocycles. The van der Waals surface area contributed by atoms with Crippen LogP contribution in [-0.4, -0.2) is 49.2 Å². The molecule has 1 saturated heterocycles. The van der Waals surface area contributed by atoms with Gasteiger partial charge in [0, 0.05) is 38.6 Å². The number of hydrogen-bond donors (Lipinski definition) is 0. The summed E-state index contributed by atoms with van der Waals surface area (Å²) in [6.07, 6.45) is 2.83. The van der Waals surface area contributed by atoms with E-state index in [1.807, 2.05) is 25.1 Å². The number of nitrogens with zero attached hydrogens (tertiary/aromatic N) is 3. The molecular weight excluding hydrogens is 274 g/mol. The van der Waals surface area contributed by atoms with Gasteiger partial charge in [-0.05, 0) is 44.2 Å². The summed E-state index contributed by atoms with van der Waals surface area (Å²) in [6, 6.07) is 6.01. The zero-order valence-corrected chi connectivity index (χ0v) is 13.2. The average Bonchev–Trinajstić information content (AvgIpc) is 2.39. The van der Waals surface area contributed by atoms with E-state index in [2.05, 4.69) is 4.98 Å². The van der Waals surface area contributed by atoms with Crippen LogP contribution in [0.25, 0.3) is 0 Å². The first-order valence-electron chi connectivity index (χ1n) is 6.99. The second-order valence-electron chi connectivity index (χ2n) is 5.63. The normalized spacial score (nSPS) is 21.3. The molecule has 0 amide bonds. The zero-order valence-electron chi connectivity index (χ0n) is 12.4. The minimum atomic E-state index is -3.29. The van der Waals surface area contributed by atoms with Crippen molar-refractivity contribution >= 4 is 10.2 Å². The molecule has 2 rings (SSSR count). The van der Waals surface area contributed by atoms with Gasteiger partial charge in [-0.2, -0.15) is 17.0 Å². The first kappa shape index (κ1) is 15.4. The van der Waals surface area contributed by atoms with E-state index in [-0.39, 0.29) is 0 Å². The fraction of sp³-hybridized carbons (Fsp3) is 0.643. The molecular formula is C14H23N3O2S. The summed E-state index contributed by atoms with van der Waals surface area (Å²) in [5.74, 6) is 0.354. The van der Waals surface area contributed by atoms with E-state index in [1.54, 1.807) is 18.4 Å². The molecule has 0 N–H and O–H groups in total. The van der Waals surface area contributed by atoms with Crippen molar-refractivity contribution in [2.45, 2.75) is 26.2 Å². The van der Waals surface area contributed by atoms with E-state index < -0.39 is 10.2 Å². The van der Waals surface area contributed by atoms with Crippen LogP contribution in [0.15, 0.2) is 18.2 Å². The van der Waals surface area contributed by atoms with E-state index in [4.69, 9.17) is 0 Å². The van der Waals surface area contributed by atoms with Gasteiger partial charge in [-0.1, -0.05) is 6.07 Å². The molecule has 20 heavy (non-hydrogen) atoms. The van der Waals surface area contributed by atoms with Gasteiger partial charge in [0.05, 0.1) is 0 Å². The fourth-order valence-electron chi connectivity index (χ4n) is 2.64. The minimum Gasteiger partial charge on any atom is -0.258 e. The van der Waals surface area contributed by atoms with Gasteiger partial charge < -0.3 is 0 Å². The standard InChI is InChI=1S/C14H23N3O2S/c1-12-6-4-8-14(15-12)10-13-7-5-9-17(11-13)20(18,19)16(2)3/h4,6,8,13H,5,7,9-11H2,1-3H3. The summed E-state index contributed by atoms with van der Waals surface area (Å²) < 4.78 is 27.2. The van der Waals surface area contributed by atoms with Crippen LogP contribution in [0.3, 0.4) is 0 Å². The first-order chi connectivity index (χ1) is 9.39. The summed E-state index contributed by atoms with van der Waals surface area (Å²) >= 11 is 0. The molecule has 112 valence electrons. The Hall–Kier alpha value is -0.980. The number of piperidine rings is 1. The predicted octanol–water partition coefficient (Wildman–Crippen LogP) is 1.45. The monoisotopic (exact) mass is 297 g/mol. The molecule has 0 spiro atoms. The molecule has 1 fully saturated rings. The second kappa shape index (κ2) is 6.20. The maximum absolute atomic E-state index is 12.2. The molecule has 1 aliphatic rings. The number of hydrogen-bond acceptors (Lipinski definition) is 3. The molecule has 1 aliphatic heterocycles. The summed E-state index contributed by atoms with van der Waals surface area (Å²) in [4.78, 5) is 4.51. The molecule has 0 saturated carbocycles. The lowest BCUT2D eigenvalue weighted by molar-refractivity contribution is 0.253. The summed E-state index contributed by atoms with van der Waals surface area (Å²) in [5.41, 5.74) is 2.06. The van der Waals surface area contributed by atoms with Crippen LogP contribution < -0.4 is 0 Å². The van der Waals surface area contributed by atoms with Gasteiger partial charge in [0.15, 0.2) is 0 Å². The van der Waals surface area contributed by atoms with Crippen LogP contribution in [0.1, 0.15) is 24.2 Å². The molecule has 5 nitrogen and oxygen atoms in total. The van der Waals surface area contributed by atoms with E-state index in [0.29, 0.717) is 19.0 Å². The minimum absolute atomic E-state index is 0.354. The van der Waals surface area contributed by atoms with E-state index in [9.17, 15) is 8.42 Å². The van der Waals surface area contributed by atoms with E-state index in [0.717, 1.165) is 30.7 Å². The van der Waals surface area contributed by atoms with Crippen molar-refractivity contribution in [2.24, 2.45) is 5.92 Å². The molecule has 0 radical (unpaired) electrons. The van der Waals surface area contributed by atoms with Crippen LogP contribution in [0.2, 0.25) is 0 Å². The van der Waals surface area contributed by atoms with Crippen molar-refractivity contribution < 1.29 is 8.42 Å². The van der Waals surface area contributed by atoms with E-state index >= 15 is 0 Å². The molecule has 0 aliphatic carbocycles. The van der Waals surface area contributed by atoms with Gasteiger partial charge in [-0.15, -0.1) is 0 Å². The molecule has 0 bridgehead atoms. The van der Waals surface area contributed by atoms with E-state index in [1.165, 1.54) is 4.31 Å². The van der Waals surface area contributed by atoms with Gasteiger partial charge in [0.1, 0.15) is 0 Å². The first-order valence-corrected chi connectivity index (χ1v) is 8.39. The maximum Gasteiger partial charge on any atom is 0.281 e. The van der Waals surface area contributed by atoms with Crippen molar-refractivity contribution in [3.05, 3.63) is 29.6 Å². The Labute approximate surface area is 121 Å². The summed E-state index contributed by atoms with van der Waals surface area (Å²) in [5, 5.41) is 0. The average molecular weight is 297 g/mol. The quantitative estimate of drug-likeness (QED) is 0.845. The van der Waals surface area contributed by atoms with Gasteiger partial charge >= 0.3 is 0 Å². The maximum atomic E-state index is 12.2.